The second-order valence-electron chi connectivity index (χ2n) is 9.62. The molecular weight excluding hydrogens is 595 g/mol. The van der Waals surface area contributed by atoms with Crippen molar-refractivity contribution in [2.24, 2.45) is 0 Å². The number of hydrogen-bond donors (Lipinski definition) is 2. The fraction of sp³-hybridized carbons (Fsp3) is 0.0909. The molecule has 9 nitrogen and oxygen atoms in total. The summed E-state index contributed by atoms with van der Waals surface area (Å²) in [6.07, 6.45) is 1.49. The molecule has 0 aliphatic rings. The fourth-order valence-corrected chi connectivity index (χ4v) is 6.08. The smallest absolute Gasteiger partial charge is 0.263 e. The quantitative estimate of drug-likeness (QED) is 0.168. The van der Waals surface area contributed by atoms with E-state index in [0.717, 1.165) is 28.5 Å². The Kier molecular flexibility index (Phi) is 9.23. The van der Waals surface area contributed by atoms with Gasteiger partial charge in [0.1, 0.15) is 22.7 Å². The Labute approximate surface area is 260 Å². The summed E-state index contributed by atoms with van der Waals surface area (Å²) in [7, 11) is -2.25. The number of rotatable bonds is 10. The Morgan fingerprint density at radius 2 is 1.66 bits per heavy atom. The van der Waals surface area contributed by atoms with Gasteiger partial charge >= 0.3 is 0 Å². The van der Waals surface area contributed by atoms with E-state index in [1.807, 2.05) is 61.5 Å². The van der Waals surface area contributed by atoms with Crippen LogP contribution in [0.5, 0.6) is 5.75 Å². The van der Waals surface area contributed by atoms with Crippen LogP contribution in [0, 0.1) is 18.3 Å². The van der Waals surface area contributed by atoms with Crippen LogP contribution in [0.1, 0.15) is 11.1 Å². The van der Waals surface area contributed by atoms with Crippen molar-refractivity contribution in [2.45, 2.75) is 16.8 Å². The highest BCUT2D eigenvalue weighted by molar-refractivity contribution is 8.00. The topological polar surface area (TPSA) is 134 Å². The van der Waals surface area contributed by atoms with Gasteiger partial charge in [-0.2, -0.15) is 5.26 Å². The predicted octanol–water partition coefficient (Wildman–Crippen LogP) is 6.53. The molecule has 2 heterocycles. The molecule has 1 amide bonds. The first-order valence-corrected chi connectivity index (χ1v) is 15.9. The average molecular weight is 622 g/mol. The van der Waals surface area contributed by atoms with Crippen LogP contribution < -0.4 is 14.8 Å². The van der Waals surface area contributed by atoms with Crippen molar-refractivity contribution in [1.82, 2.24) is 9.97 Å². The number of nitrogens with zero attached hydrogens (tertiary/aromatic N) is 3. The van der Waals surface area contributed by atoms with Crippen LogP contribution in [-0.4, -0.2) is 37.2 Å². The van der Waals surface area contributed by atoms with E-state index in [1.165, 1.54) is 30.5 Å². The summed E-state index contributed by atoms with van der Waals surface area (Å²) >= 11 is 1.15. The molecule has 2 aromatic heterocycles. The molecule has 0 saturated heterocycles. The Balaban J connectivity index is 1.35. The Morgan fingerprint density at radius 3 is 2.30 bits per heavy atom. The maximum absolute atomic E-state index is 12.9. The van der Waals surface area contributed by atoms with Crippen LogP contribution in [0.15, 0.2) is 113 Å². The van der Waals surface area contributed by atoms with E-state index in [0.29, 0.717) is 33.3 Å². The lowest BCUT2D eigenvalue weighted by Gasteiger charge is -2.13. The third kappa shape index (κ3) is 7.23. The van der Waals surface area contributed by atoms with E-state index in [1.54, 1.807) is 25.3 Å². The monoisotopic (exact) mass is 621 g/mol. The number of carbonyl (C=O) groups excluding carboxylic acids is 1. The lowest BCUT2D eigenvalue weighted by atomic mass is 9.98. The molecule has 3 aromatic carbocycles. The van der Waals surface area contributed by atoms with Crippen molar-refractivity contribution < 1.29 is 17.9 Å². The number of amides is 1. The molecule has 5 rings (SSSR count). The average Bonchev–Trinajstić information content (AvgIpc) is 3.04. The number of benzene rings is 3. The van der Waals surface area contributed by atoms with E-state index in [-0.39, 0.29) is 22.4 Å². The second-order valence-corrected chi connectivity index (χ2v) is 12.3. The number of thioether (sulfide) groups is 1. The van der Waals surface area contributed by atoms with Gasteiger partial charge in [-0.3, -0.25) is 9.52 Å². The van der Waals surface area contributed by atoms with Crippen LogP contribution in [-0.2, 0) is 14.8 Å². The van der Waals surface area contributed by atoms with Crippen LogP contribution in [0.4, 0.5) is 11.5 Å². The molecule has 2 N–H and O–H groups in total. The van der Waals surface area contributed by atoms with Gasteiger partial charge in [0, 0.05) is 23.0 Å². The van der Waals surface area contributed by atoms with Crippen molar-refractivity contribution in [3.05, 3.63) is 114 Å². The van der Waals surface area contributed by atoms with Crippen LogP contribution >= 0.6 is 11.8 Å². The summed E-state index contributed by atoms with van der Waals surface area (Å²) in [5.41, 5.74) is 4.96. The second kappa shape index (κ2) is 13.4. The largest absolute Gasteiger partial charge is 0.497 e. The summed E-state index contributed by atoms with van der Waals surface area (Å²) in [4.78, 5) is 21.7. The lowest BCUT2D eigenvalue weighted by molar-refractivity contribution is -0.113. The zero-order chi connectivity index (χ0) is 31.1. The zero-order valence-corrected chi connectivity index (χ0v) is 25.4. The first-order valence-electron chi connectivity index (χ1n) is 13.4. The van der Waals surface area contributed by atoms with Gasteiger partial charge < -0.3 is 10.1 Å². The Hall–Kier alpha value is -5.18. The van der Waals surface area contributed by atoms with Crippen LogP contribution in [0.2, 0.25) is 0 Å². The van der Waals surface area contributed by atoms with Gasteiger partial charge in [-0.1, -0.05) is 47.7 Å². The number of nitrogens with one attached hydrogen (secondary N) is 2. The minimum Gasteiger partial charge on any atom is -0.497 e. The molecule has 0 radical (unpaired) electrons. The zero-order valence-electron chi connectivity index (χ0n) is 23.8. The minimum absolute atomic E-state index is 0.0253. The number of carbonyl (C=O) groups is 1. The van der Waals surface area contributed by atoms with Gasteiger partial charge in [-0.25, -0.2) is 18.4 Å². The summed E-state index contributed by atoms with van der Waals surface area (Å²) in [5.74, 6) is 0.550. The number of pyridine rings is 2. The number of aromatic nitrogens is 2. The highest BCUT2D eigenvalue weighted by Crippen LogP contribution is 2.35. The molecule has 0 unspecified atom stereocenters. The Morgan fingerprint density at radius 1 is 0.955 bits per heavy atom. The number of sulfonamides is 1. The Bertz CT molecular complexity index is 1920. The number of hydrogen-bond acceptors (Lipinski definition) is 8. The number of aryl methyl sites for hydroxylation is 1. The van der Waals surface area contributed by atoms with Gasteiger partial charge in [-0.05, 0) is 79.2 Å². The molecule has 44 heavy (non-hydrogen) atoms. The van der Waals surface area contributed by atoms with Gasteiger partial charge in [0.25, 0.3) is 10.0 Å². The van der Waals surface area contributed by atoms with E-state index in [9.17, 15) is 18.5 Å². The van der Waals surface area contributed by atoms with E-state index < -0.39 is 10.0 Å². The van der Waals surface area contributed by atoms with Gasteiger partial charge in [0.15, 0.2) is 0 Å². The van der Waals surface area contributed by atoms with Crippen molar-refractivity contribution in [3.63, 3.8) is 0 Å². The molecule has 0 aliphatic carbocycles. The number of ether oxygens (including phenoxy) is 1. The van der Waals surface area contributed by atoms with Gasteiger partial charge in [0.2, 0.25) is 5.91 Å². The molecule has 5 aromatic rings. The molecule has 0 saturated carbocycles. The summed E-state index contributed by atoms with van der Waals surface area (Å²) in [5, 5.41) is 13.4. The summed E-state index contributed by atoms with van der Waals surface area (Å²) in [6.45, 7) is 2.00. The van der Waals surface area contributed by atoms with Crippen molar-refractivity contribution in [1.29, 1.82) is 5.26 Å². The number of anilines is 2. The van der Waals surface area contributed by atoms with Crippen LogP contribution in [0.25, 0.3) is 22.4 Å². The van der Waals surface area contributed by atoms with E-state index in [2.05, 4.69) is 21.1 Å². The predicted molar refractivity (Wildman–Crippen MR) is 172 cm³/mol. The van der Waals surface area contributed by atoms with E-state index >= 15 is 0 Å². The highest BCUT2D eigenvalue weighted by atomic mass is 32.2. The summed E-state index contributed by atoms with van der Waals surface area (Å²) in [6, 6.07) is 30.2. The molecule has 0 atom stereocenters. The normalized spacial score (nSPS) is 10.9. The molecule has 0 bridgehead atoms. The maximum atomic E-state index is 12.9. The maximum Gasteiger partial charge on any atom is 0.263 e. The first-order chi connectivity index (χ1) is 21.3. The van der Waals surface area contributed by atoms with Crippen LogP contribution in [0.3, 0.4) is 0 Å². The van der Waals surface area contributed by atoms with Crippen molar-refractivity contribution >= 4 is 39.2 Å². The highest BCUT2D eigenvalue weighted by Gasteiger charge is 2.18. The number of methoxy groups -OCH3 is 1. The molecule has 0 aliphatic heterocycles. The van der Waals surface area contributed by atoms with Gasteiger partial charge in [0.05, 0.1) is 29.0 Å². The fourth-order valence-electron chi connectivity index (χ4n) is 4.27. The van der Waals surface area contributed by atoms with E-state index in [4.69, 9.17) is 9.72 Å². The molecular formula is C33H27N5O4S2. The van der Waals surface area contributed by atoms with Gasteiger partial charge in [-0.15, -0.1) is 0 Å². The molecule has 220 valence electrons. The lowest BCUT2D eigenvalue weighted by Crippen LogP contribution is -2.16. The summed E-state index contributed by atoms with van der Waals surface area (Å²) < 4.78 is 33.1. The SMILES string of the molecule is COc1ccc(-c2cc(-c3ccc(C)cc3)c(C#N)c(SCC(=O)Nc3ccc(S(=O)(=O)Nc4ccccn4)cc3)n2)cc1. The number of nitriles is 1. The minimum atomic E-state index is -3.85. The molecule has 11 heteroatoms. The van der Waals surface area contributed by atoms with Crippen molar-refractivity contribution in [3.8, 4) is 34.2 Å². The molecule has 0 spiro atoms. The molecule has 0 fully saturated rings. The third-order valence-electron chi connectivity index (χ3n) is 6.54. The first kappa shape index (κ1) is 30.3. The third-order valence-corrected chi connectivity index (χ3v) is 8.88. The standard InChI is InChI=1S/C33H27N5O4S2/c1-22-6-8-23(9-7-22)28-19-30(24-10-14-26(42-2)15-11-24)37-33(29(28)20-34)43-21-32(39)36-25-12-16-27(17-13-25)44(40,41)38-31-5-3-4-18-35-31/h3-19H,21H2,1-2H3,(H,35,38)(H,36,39). The van der Waals surface area contributed by atoms with Crippen molar-refractivity contribution in [2.75, 3.05) is 22.9 Å².